The van der Waals surface area contributed by atoms with Crippen molar-refractivity contribution in [2.24, 2.45) is 7.05 Å². The number of rotatable bonds is 6. The Morgan fingerprint density at radius 3 is 2.69 bits per heavy atom. The van der Waals surface area contributed by atoms with Crippen molar-refractivity contribution in [1.82, 2.24) is 14.7 Å². The van der Waals surface area contributed by atoms with Crippen LogP contribution in [0.15, 0.2) is 54.6 Å². The fraction of sp³-hybridized carbons (Fsp3) is 0.304. The van der Waals surface area contributed by atoms with Gasteiger partial charge in [0.05, 0.1) is 6.61 Å². The lowest BCUT2D eigenvalue weighted by Gasteiger charge is -2.27. The minimum atomic E-state index is -0.343. The van der Waals surface area contributed by atoms with Crippen LogP contribution in [0.25, 0.3) is 0 Å². The van der Waals surface area contributed by atoms with Crippen LogP contribution >= 0.6 is 0 Å². The van der Waals surface area contributed by atoms with E-state index < -0.39 is 0 Å². The summed E-state index contributed by atoms with van der Waals surface area (Å²) in [6.07, 6.45) is 0.860. The van der Waals surface area contributed by atoms with E-state index in [4.69, 9.17) is 9.47 Å². The molecular weight excluding hydrogens is 366 g/mol. The second-order valence-electron chi connectivity index (χ2n) is 7.14. The number of ether oxygens (including phenoxy) is 2. The standard InChI is InChI=1S/C23H25N3O3/c1-3-28-23(27)22-20-16-26(13-12-21(20)25(2)24-22)15-17-8-7-11-19(14-17)29-18-9-5-4-6-10-18/h4-11,14H,3,12-13,15-16H2,1-2H3. The first kappa shape index (κ1) is 19.2. The van der Waals surface area contributed by atoms with Crippen molar-refractivity contribution in [3.8, 4) is 11.5 Å². The third-order valence-electron chi connectivity index (χ3n) is 5.07. The number of aryl methyl sites for hydroxylation is 1. The average Bonchev–Trinajstić information content (AvgIpc) is 3.05. The Labute approximate surface area is 170 Å². The Bertz CT molecular complexity index is 998. The van der Waals surface area contributed by atoms with Crippen LogP contribution in [-0.4, -0.2) is 33.8 Å². The summed E-state index contributed by atoms with van der Waals surface area (Å²) in [7, 11) is 1.89. The number of carbonyl (C=O) groups is 1. The van der Waals surface area contributed by atoms with Crippen LogP contribution in [-0.2, 0) is 31.3 Å². The van der Waals surface area contributed by atoms with Crippen molar-refractivity contribution in [3.63, 3.8) is 0 Å². The summed E-state index contributed by atoms with van der Waals surface area (Å²) in [5.41, 5.74) is 3.71. The maximum Gasteiger partial charge on any atom is 0.359 e. The summed E-state index contributed by atoms with van der Waals surface area (Å²) >= 11 is 0. The molecule has 0 unspecified atom stereocenters. The van der Waals surface area contributed by atoms with Crippen molar-refractivity contribution in [2.75, 3.05) is 13.2 Å². The van der Waals surface area contributed by atoms with E-state index in [9.17, 15) is 4.79 Å². The molecule has 0 N–H and O–H groups in total. The molecule has 2 heterocycles. The van der Waals surface area contributed by atoms with Gasteiger partial charge in [-0.15, -0.1) is 0 Å². The molecule has 1 aliphatic heterocycles. The van der Waals surface area contributed by atoms with Gasteiger partial charge in [-0.1, -0.05) is 30.3 Å². The van der Waals surface area contributed by atoms with Gasteiger partial charge in [-0.3, -0.25) is 9.58 Å². The molecule has 0 bridgehead atoms. The number of hydrogen-bond acceptors (Lipinski definition) is 5. The Morgan fingerprint density at radius 2 is 1.90 bits per heavy atom. The lowest BCUT2D eigenvalue weighted by atomic mass is 10.0. The highest BCUT2D eigenvalue weighted by atomic mass is 16.5. The third-order valence-corrected chi connectivity index (χ3v) is 5.07. The van der Waals surface area contributed by atoms with E-state index in [-0.39, 0.29) is 5.97 Å². The monoisotopic (exact) mass is 391 g/mol. The topological polar surface area (TPSA) is 56.6 Å². The summed E-state index contributed by atoms with van der Waals surface area (Å²) in [5, 5.41) is 4.41. The van der Waals surface area contributed by atoms with Crippen molar-refractivity contribution >= 4 is 5.97 Å². The fourth-order valence-corrected chi connectivity index (χ4v) is 3.74. The van der Waals surface area contributed by atoms with Gasteiger partial charge in [-0.05, 0) is 36.8 Å². The zero-order chi connectivity index (χ0) is 20.2. The molecule has 3 aromatic rings. The van der Waals surface area contributed by atoms with Crippen molar-refractivity contribution in [2.45, 2.75) is 26.4 Å². The maximum absolute atomic E-state index is 12.3. The molecule has 0 spiro atoms. The molecule has 2 aromatic carbocycles. The van der Waals surface area contributed by atoms with Crippen molar-refractivity contribution in [1.29, 1.82) is 0 Å². The lowest BCUT2D eigenvalue weighted by Crippen LogP contribution is -2.31. The molecule has 1 aliphatic rings. The second kappa shape index (κ2) is 8.49. The molecule has 1 aromatic heterocycles. The molecule has 6 heteroatoms. The van der Waals surface area contributed by atoms with E-state index in [0.29, 0.717) is 18.8 Å². The number of carbonyl (C=O) groups excluding carboxylic acids is 1. The summed E-state index contributed by atoms with van der Waals surface area (Å²) in [6.45, 7) is 4.54. The van der Waals surface area contributed by atoms with Gasteiger partial charge in [0.2, 0.25) is 0 Å². The largest absolute Gasteiger partial charge is 0.461 e. The molecule has 6 nitrogen and oxygen atoms in total. The Hall–Kier alpha value is -3.12. The van der Waals surface area contributed by atoms with Crippen molar-refractivity contribution < 1.29 is 14.3 Å². The van der Waals surface area contributed by atoms with E-state index in [1.54, 1.807) is 0 Å². The van der Waals surface area contributed by atoms with E-state index in [0.717, 1.165) is 42.3 Å². The molecule has 0 fully saturated rings. The Kier molecular flexibility index (Phi) is 5.62. The number of para-hydroxylation sites is 1. The fourth-order valence-electron chi connectivity index (χ4n) is 3.74. The van der Waals surface area contributed by atoms with Gasteiger partial charge in [0.1, 0.15) is 11.5 Å². The summed E-state index contributed by atoms with van der Waals surface area (Å²) < 4.78 is 12.9. The van der Waals surface area contributed by atoms with Crippen LogP contribution in [0.1, 0.15) is 34.2 Å². The predicted molar refractivity (Wildman–Crippen MR) is 110 cm³/mol. The average molecular weight is 391 g/mol. The Morgan fingerprint density at radius 1 is 1.10 bits per heavy atom. The lowest BCUT2D eigenvalue weighted by molar-refractivity contribution is 0.0516. The van der Waals surface area contributed by atoms with Gasteiger partial charge in [0, 0.05) is 44.4 Å². The first-order valence-electron chi connectivity index (χ1n) is 9.90. The molecule has 0 atom stereocenters. The molecule has 0 saturated heterocycles. The zero-order valence-electron chi connectivity index (χ0n) is 16.8. The SMILES string of the molecule is CCOC(=O)c1nn(C)c2c1CN(Cc1cccc(Oc3ccccc3)c1)CC2. The first-order valence-corrected chi connectivity index (χ1v) is 9.90. The van der Waals surface area contributed by atoms with Crippen LogP contribution in [0.4, 0.5) is 0 Å². The number of nitrogens with zero attached hydrogens (tertiary/aromatic N) is 3. The highest BCUT2D eigenvalue weighted by molar-refractivity contribution is 5.89. The number of fused-ring (bicyclic) bond motifs is 1. The van der Waals surface area contributed by atoms with Gasteiger partial charge in [0.25, 0.3) is 0 Å². The predicted octanol–water partition coefficient (Wildman–Crippen LogP) is 3.95. The molecule has 4 rings (SSSR count). The summed E-state index contributed by atoms with van der Waals surface area (Å²) in [6, 6.07) is 17.9. The van der Waals surface area contributed by atoms with Gasteiger partial charge in [-0.25, -0.2) is 4.79 Å². The van der Waals surface area contributed by atoms with Crippen molar-refractivity contribution in [3.05, 3.63) is 77.1 Å². The normalized spacial score (nSPS) is 13.7. The van der Waals surface area contributed by atoms with Gasteiger partial charge in [0.15, 0.2) is 5.69 Å². The second-order valence-corrected chi connectivity index (χ2v) is 7.14. The minimum absolute atomic E-state index is 0.343. The van der Waals surface area contributed by atoms with Gasteiger partial charge in [-0.2, -0.15) is 5.10 Å². The number of aromatic nitrogens is 2. The maximum atomic E-state index is 12.3. The van der Waals surface area contributed by atoms with Crippen LogP contribution in [0, 0.1) is 0 Å². The van der Waals surface area contributed by atoms with Crippen LogP contribution in [0.2, 0.25) is 0 Å². The number of hydrogen-bond donors (Lipinski definition) is 0. The highest BCUT2D eigenvalue weighted by Crippen LogP contribution is 2.26. The molecular formula is C23H25N3O3. The molecule has 0 radical (unpaired) electrons. The van der Waals surface area contributed by atoms with Gasteiger partial charge < -0.3 is 9.47 Å². The van der Waals surface area contributed by atoms with Crippen LogP contribution in [0.5, 0.6) is 11.5 Å². The molecule has 150 valence electrons. The van der Waals surface area contributed by atoms with Crippen LogP contribution in [0.3, 0.4) is 0 Å². The zero-order valence-corrected chi connectivity index (χ0v) is 16.8. The summed E-state index contributed by atoms with van der Waals surface area (Å²) in [4.78, 5) is 14.6. The quantitative estimate of drug-likeness (QED) is 0.596. The molecule has 0 amide bonds. The number of benzene rings is 2. The van der Waals surface area contributed by atoms with Crippen LogP contribution < -0.4 is 4.74 Å². The molecule has 0 aliphatic carbocycles. The molecule has 0 saturated carbocycles. The summed E-state index contributed by atoms with van der Waals surface area (Å²) in [5.74, 6) is 1.30. The van der Waals surface area contributed by atoms with E-state index in [1.807, 2.05) is 61.1 Å². The molecule has 29 heavy (non-hydrogen) atoms. The van der Waals surface area contributed by atoms with E-state index in [2.05, 4.69) is 22.1 Å². The van der Waals surface area contributed by atoms with E-state index in [1.165, 1.54) is 5.56 Å². The van der Waals surface area contributed by atoms with E-state index >= 15 is 0 Å². The minimum Gasteiger partial charge on any atom is -0.461 e. The third kappa shape index (κ3) is 4.32. The highest BCUT2D eigenvalue weighted by Gasteiger charge is 2.27. The smallest absolute Gasteiger partial charge is 0.359 e. The Balaban J connectivity index is 1.48. The first-order chi connectivity index (χ1) is 14.1. The number of esters is 1. The van der Waals surface area contributed by atoms with Gasteiger partial charge >= 0.3 is 5.97 Å².